The van der Waals surface area contributed by atoms with Gasteiger partial charge in [0.05, 0.1) is 0 Å². The Morgan fingerprint density at radius 3 is 2.45 bits per heavy atom. The summed E-state index contributed by atoms with van der Waals surface area (Å²) >= 11 is 3.62. The van der Waals surface area contributed by atoms with Crippen LogP contribution in [0.15, 0.2) is 53.0 Å². The van der Waals surface area contributed by atoms with E-state index in [-0.39, 0.29) is 24.5 Å². The van der Waals surface area contributed by atoms with Gasteiger partial charge in [0.25, 0.3) is 0 Å². The molecule has 7 heteroatoms. The number of nitrogens with one attached hydrogen (secondary N) is 3. The van der Waals surface area contributed by atoms with Crippen molar-refractivity contribution >= 4 is 44.5 Å². The van der Waals surface area contributed by atoms with Gasteiger partial charge in [-0.3, -0.25) is 4.79 Å². The Bertz CT molecular complexity index is 1030. The molecule has 0 unspecified atom stereocenters. The summed E-state index contributed by atoms with van der Waals surface area (Å²) in [5, 5.41) is 9.61. The molecule has 0 fully saturated rings. The molecule has 0 aliphatic heterocycles. The number of carbonyl (C=O) groups excluding carboxylic acids is 2. The second-order valence-electron chi connectivity index (χ2n) is 7.23. The van der Waals surface area contributed by atoms with Crippen LogP contribution in [0.1, 0.15) is 25.1 Å². The van der Waals surface area contributed by atoms with E-state index >= 15 is 0 Å². The standard InChI is InChI=1S/C22H25BrN4O2/c1-14(2)25-22(29)26-17-10-8-16(9-11-17)12-24-20(28)13-27-15(3)21(23)18-6-4-5-7-19(18)27/h4-11,14H,12-13H2,1-3H3,(H,24,28)(H2,25,26,29). The maximum atomic E-state index is 12.5. The van der Waals surface area contributed by atoms with Crippen molar-refractivity contribution in [2.45, 2.75) is 39.9 Å². The molecule has 2 aromatic carbocycles. The van der Waals surface area contributed by atoms with Gasteiger partial charge in [-0.15, -0.1) is 0 Å². The van der Waals surface area contributed by atoms with Crippen LogP contribution in [0.25, 0.3) is 10.9 Å². The molecule has 0 aliphatic rings. The summed E-state index contributed by atoms with van der Waals surface area (Å²) in [6, 6.07) is 15.3. The Hall–Kier alpha value is -2.80. The Balaban J connectivity index is 1.58. The lowest BCUT2D eigenvalue weighted by atomic mass is 10.2. The van der Waals surface area contributed by atoms with E-state index < -0.39 is 0 Å². The topological polar surface area (TPSA) is 75.2 Å². The summed E-state index contributed by atoms with van der Waals surface area (Å²) in [7, 11) is 0. The number of benzene rings is 2. The van der Waals surface area contributed by atoms with Crippen LogP contribution in [0.5, 0.6) is 0 Å². The highest BCUT2D eigenvalue weighted by Gasteiger charge is 2.14. The van der Waals surface area contributed by atoms with Crippen LogP contribution in [0, 0.1) is 6.92 Å². The van der Waals surface area contributed by atoms with E-state index in [1.165, 1.54) is 0 Å². The lowest BCUT2D eigenvalue weighted by Gasteiger charge is -2.11. The van der Waals surface area contributed by atoms with Gasteiger partial charge in [-0.25, -0.2) is 4.79 Å². The fraction of sp³-hybridized carbons (Fsp3) is 0.273. The summed E-state index contributed by atoms with van der Waals surface area (Å²) in [6.07, 6.45) is 0. The molecule has 1 aromatic heterocycles. The summed E-state index contributed by atoms with van der Waals surface area (Å²) in [5.41, 5.74) is 3.72. The molecular formula is C22H25BrN4O2. The van der Waals surface area contributed by atoms with E-state index in [1.54, 1.807) is 0 Å². The van der Waals surface area contributed by atoms with Crippen LogP contribution >= 0.6 is 15.9 Å². The second kappa shape index (κ2) is 9.13. The van der Waals surface area contributed by atoms with Crippen LogP contribution in [0.4, 0.5) is 10.5 Å². The minimum Gasteiger partial charge on any atom is -0.350 e. The Labute approximate surface area is 178 Å². The van der Waals surface area contributed by atoms with Gasteiger partial charge in [0.2, 0.25) is 5.91 Å². The quantitative estimate of drug-likeness (QED) is 0.508. The highest BCUT2D eigenvalue weighted by Crippen LogP contribution is 2.30. The molecular weight excluding hydrogens is 432 g/mol. The van der Waals surface area contributed by atoms with Crippen LogP contribution < -0.4 is 16.0 Å². The summed E-state index contributed by atoms with van der Waals surface area (Å²) < 4.78 is 3.03. The van der Waals surface area contributed by atoms with Crippen molar-refractivity contribution in [1.29, 1.82) is 0 Å². The number of urea groups is 1. The minimum atomic E-state index is -0.235. The predicted octanol–water partition coefficient (Wildman–Crippen LogP) is 4.56. The number of carbonyl (C=O) groups is 2. The Morgan fingerprint density at radius 1 is 1.07 bits per heavy atom. The molecule has 0 radical (unpaired) electrons. The SMILES string of the molecule is Cc1c(Br)c2ccccc2n1CC(=O)NCc1ccc(NC(=O)NC(C)C)cc1. The number of amides is 3. The third-order valence-electron chi connectivity index (χ3n) is 4.58. The maximum absolute atomic E-state index is 12.5. The van der Waals surface area contributed by atoms with Crippen molar-refractivity contribution in [1.82, 2.24) is 15.2 Å². The Kier molecular flexibility index (Phi) is 6.59. The number of aromatic nitrogens is 1. The lowest BCUT2D eigenvalue weighted by molar-refractivity contribution is -0.121. The van der Waals surface area contributed by atoms with Crippen molar-refractivity contribution in [3.8, 4) is 0 Å². The van der Waals surface area contributed by atoms with Crippen molar-refractivity contribution in [2.24, 2.45) is 0 Å². The van der Waals surface area contributed by atoms with Gasteiger partial charge < -0.3 is 20.5 Å². The van der Waals surface area contributed by atoms with Gasteiger partial charge in [-0.1, -0.05) is 30.3 Å². The second-order valence-corrected chi connectivity index (χ2v) is 8.02. The maximum Gasteiger partial charge on any atom is 0.319 e. The molecule has 152 valence electrons. The number of para-hydroxylation sites is 1. The third-order valence-corrected chi connectivity index (χ3v) is 5.58. The number of hydrogen-bond acceptors (Lipinski definition) is 2. The van der Waals surface area contributed by atoms with Gasteiger partial charge in [0, 0.05) is 39.3 Å². The highest BCUT2D eigenvalue weighted by molar-refractivity contribution is 9.10. The molecule has 0 bridgehead atoms. The molecule has 29 heavy (non-hydrogen) atoms. The van der Waals surface area contributed by atoms with E-state index in [0.29, 0.717) is 12.2 Å². The average Bonchev–Trinajstić information content (AvgIpc) is 2.92. The molecule has 3 rings (SSSR count). The van der Waals surface area contributed by atoms with Crippen molar-refractivity contribution in [2.75, 3.05) is 5.32 Å². The number of nitrogens with zero attached hydrogens (tertiary/aromatic N) is 1. The molecule has 6 nitrogen and oxygen atoms in total. The molecule has 3 N–H and O–H groups in total. The number of fused-ring (bicyclic) bond motifs is 1. The van der Waals surface area contributed by atoms with E-state index in [9.17, 15) is 9.59 Å². The summed E-state index contributed by atoms with van der Waals surface area (Å²) in [5.74, 6) is -0.0557. The van der Waals surface area contributed by atoms with Crippen molar-refractivity contribution in [3.63, 3.8) is 0 Å². The number of rotatable bonds is 6. The first kappa shape index (κ1) is 20.9. The molecule has 0 saturated heterocycles. The number of hydrogen-bond donors (Lipinski definition) is 3. The van der Waals surface area contributed by atoms with Gasteiger partial charge in [-0.05, 0) is 60.5 Å². The van der Waals surface area contributed by atoms with Crippen LogP contribution in [-0.2, 0) is 17.9 Å². The molecule has 3 aromatic rings. The Morgan fingerprint density at radius 2 is 1.76 bits per heavy atom. The van der Waals surface area contributed by atoms with Gasteiger partial charge in [0.1, 0.15) is 6.54 Å². The normalized spacial score (nSPS) is 10.9. The van der Waals surface area contributed by atoms with E-state index in [4.69, 9.17) is 0 Å². The van der Waals surface area contributed by atoms with E-state index in [0.717, 1.165) is 26.6 Å². The van der Waals surface area contributed by atoms with E-state index in [1.807, 2.05) is 73.9 Å². The number of anilines is 1. The average molecular weight is 457 g/mol. The van der Waals surface area contributed by atoms with Gasteiger partial charge in [0.15, 0.2) is 0 Å². The molecule has 0 atom stereocenters. The highest BCUT2D eigenvalue weighted by atomic mass is 79.9. The zero-order valence-corrected chi connectivity index (χ0v) is 18.3. The van der Waals surface area contributed by atoms with Gasteiger partial charge in [-0.2, -0.15) is 0 Å². The molecule has 0 aliphatic carbocycles. The first-order chi connectivity index (χ1) is 13.8. The summed E-state index contributed by atoms with van der Waals surface area (Å²) in [4.78, 5) is 24.2. The third kappa shape index (κ3) is 5.17. The van der Waals surface area contributed by atoms with Crippen LogP contribution in [0.3, 0.4) is 0 Å². The zero-order valence-electron chi connectivity index (χ0n) is 16.8. The molecule has 3 amide bonds. The fourth-order valence-corrected chi connectivity index (χ4v) is 3.68. The largest absolute Gasteiger partial charge is 0.350 e. The first-order valence-electron chi connectivity index (χ1n) is 9.51. The minimum absolute atomic E-state index is 0.0557. The van der Waals surface area contributed by atoms with Gasteiger partial charge >= 0.3 is 6.03 Å². The predicted molar refractivity (Wildman–Crippen MR) is 120 cm³/mol. The first-order valence-corrected chi connectivity index (χ1v) is 10.3. The number of halogens is 1. The fourth-order valence-electron chi connectivity index (χ4n) is 3.13. The smallest absolute Gasteiger partial charge is 0.319 e. The van der Waals surface area contributed by atoms with Crippen molar-refractivity contribution in [3.05, 3.63) is 64.3 Å². The molecule has 0 spiro atoms. The van der Waals surface area contributed by atoms with Crippen LogP contribution in [-0.4, -0.2) is 22.5 Å². The van der Waals surface area contributed by atoms with Crippen molar-refractivity contribution < 1.29 is 9.59 Å². The monoisotopic (exact) mass is 456 g/mol. The molecule has 1 heterocycles. The van der Waals surface area contributed by atoms with Crippen LogP contribution in [0.2, 0.25) is 0 Å². The zero-order chi connectivity index (χ0) is 21.0. The lowest BCUT2D eigenvalue weighted by Crippen LogP contribution is -2.34. The van der Waals surface area contributed by atoms with E-state index in [2.05, 4.69) is 31.9 Å². The molecule has 0 saturated carbocycles. The summed E-state index contributed by atoms with van der Waals surface area (Å²) in [6.45, 7) is 6.49.